The van der Waals surface area contributed by atoms with Gasteiger partial charge in [-0.3, -0.25) is 4.79 Å². The number of likely N-dealkylation sites (tertiary alicyclic amines) is 1. The summed E-state index contributed by atoms with van der Waals surface area (Å²) in [6.45, 7) is 3.15. The summed E-state index contributed by atoms with van der Waals surface area (Å²) in [5.41, 5.74) is 0.556. The second kappa shape index (κ2) is 6.90. The molecule has 0 unspecified atom stereocenters. The lowest BCUT2D eigenvalue weighted by Gasteiger charge is -2.45. The maximum absolute atomic E-state index is 13.0. The third-order valence-electron chi connectivity index (χ3n) is 5.29. The van der Waals surface area contributed by atoms with Crippen LogP contribution in [0.1, 0.15) is 49.4 Å². The van der Waals surface area contributed by atoms with Crippen molar-refractivity contribution in [3.05, 3.63) is 27.7 Å². The van der Waals surface area contributed by atoms with Gasteiger partial charge in [0.2, 0.25) is 0 Å². The molecule has 3 atom stereocenters. The van der Waals surface area contributed by atoms with Crippen LogP contribution >= 0.6 is 23.2 Å². The maximum atomic E-state index is 13.0. The van der Waals surface area contributed by atoms with Gasteiger partial charge in [-0.1, -0.05) is 30.1 Å². The monoisotopic (exact) mass is 355 g/mol. The van der Waals surface area contributed by atoms with Crippen LogP contribution in [0.2, 0.25) is 10.0 Å². The molecule has 1 aliphatic heterocycles. The quantitative estimate of drug-likeness (QED) is 0.743. The van der Waals surface area contributed by atoms with Crippen LogP contribution in [0, 0.1) is 11.8 Å². The van der Waals surface area contributed by atoms with E-state index in [-0.39, 0.29) is 5.91 Å². The normalized spacial score (nSPS) is 27.5. The van der Waals surface area contributed by atoms with Gasteiger partial charge in [-0.15, -0.1) is 0 Å². The predicted molar refractivity (Wildman–Crippen MR) is 93.6 cm³/mol. The number of nitrogens with zero attached hydrogens (tertiary/aromatic N) is 1. The minimum atomic E-state index is 0.0423. The molecular formula is C18H23Cl2NO2. The Kier molecular flexibility index (Phi) is 5.07. The molecule has 3 rings (SSSR count). The highest BCUT2D eigenvalue weighted by atomic mass is 35.5. The van der Waals surface area contributed by atoms with E-state index >= 15 is 0 Å². The van der Waals surface area contributed by atoms with Crippen LogP contribution in [0.15, 0.2) is 12.1 Å². The fourth-order valence-corrected chi connectivity index (χ4v) is 4.83. The van der Waals surface area contributed by atoms with Gasteiger partial charge in [0.1, 0.15) is 0 Å². The number of halogens is 2. The Morgan fingerprint density at radius 2 is 1.91 bits per heavy atom. The Hall–Kier alpha value is -0.930. The van der Waals surface area contributed by atoms with Crippen LogP contribution in [0.4, 0.5) is 0 Å². The standard InChI is InChI=1S/C18H23Cl2NO2/c1-11-5-6-16-12(8-11)4-3-7-21(16)18(22)13-9-14(19)17(23-2)15(20)10-13/h9-12,16H,3-8H2,1-2H3/t11-,12-,16+/m1/s1. The molecular weight excluding hydrogens is 333 g/mol. The van der Waals surface area contributed by atoms with Crippen molar-refractivity contribution < 1.29 is 9.53 Å². The molecule has 1 saturated carbocycles. The van der Waals surface area contributed by atoms with Gasteiger partial charge in [0.15, 0.2) is 5.75 Å². The Morgan fingerprint density at radius 3 is 2.57 bits per heavy atom. The topological polar surface area (TPSA) is 29.5 Å². The SMILES string of the molecule is COc1c(Cl)cc(C(=O)N2CCC[C@@H]3C[C@H](C)CC[C@@H]32)cc1Cl. The number of hydrogen-bond donors (Lipinski definition) is 0. The molecule has 126 valence electrons. The maximum Gasteiger partial charge on any atom is 0.254 e. The first-order valence-corrected chi connectivity index (χ1v) is 9.11. The third kappa shape index (κ3) is 3.32. The highest BCUT2D eigenvalue weighted by Crippen LogP contribution is 2.39. The van der Waals surface area contributed by atoms with E-state index < -0.39 is 0 Å². The summed E-state index contributed by atoms with van der Waals surface area (Å²) in [6.07, 6.45) is 5.86. The zero-order valence-electron chi connectivity index (χ0n) is 13.6. The van der Waals surface area contributed by atoms with Gasteiger partial charge in [-0.25, -0.2) is 0 Å². The van der Waals surface area contributed by atoms with E-state index in [4.69, 9.17) is 27.9 Å². The van der Waals surface area contributed by atoms with Gasteiger partial charge >= 0.3 is 0 Å². The molecule has 0 aromatic heterocycles. The predicted octanol–water partition coefficient (Wildman–Crippen LogP) is 5.04. The number of piperidine rings is 1. The molecule has 2 fully saturated rings. The third-order valence-corrected chi connectivity index (χ3v) is 5.85. The lowest BCUT2D eigenvalue weighted by Crippen LogP contribution is -2.50. The molecule has 0 radical (unpaired) electrons. The number of ether oxygens (including phenoxy) is 1. The first kappa shape index (κ1) is 16.9. The van der Waals surface area contributed by atoms with Gasteiger partial charge in [0.25, 0.3) is 5.91 Å². The molecule has 1 saturated heterocycles. The summed E-state index contributed by atoms with van der Waals surface area (Å²) in [4.78, 5) is 15.1. The highest BCUT2D eigenvalue weighted by Gasteiger charge is 2.38. The number of benzene rings is 1. The lowest BCUT2D eigenvalue weighted by atomic mass is 9.74. The van der Waals surface area contributed by atoms with Crippen LogP contribution in [0.5, 0.6) is 5.75 Å². The first-order chi connectivity index (χ1) is 11.0. The number of rotatable bonds is 2. The van der Waals surface area contributed by atoms with Crippen molar-refractivity contribution in [2.75, 3.05) is 13.7 Å². The summed E-state index contributed by atoms with van der Waals surface area (Å²) in [5, 5.41) is 0.767. The second-order valence-corrected chi connectivity index (χ2v) is 7.67. The van der Waals surface area contributed by atoms with Crippen LogP contribution < -0.4 is 4.74 Å². The van der Waals surface area contributed by atoms with Crippen LogP contribution in [-0.4, -0.2) is 30.5 Å². The van der Waals surface area contributed by atoms with Crippen molar-refractivity contribution in [3.8, 4) is 5.75 Å². The number of carbonyl (C=O) groups is 1. The number of amides is 1. The Morgan fingerprint density at radius 1 is 1.22 bits per heavy atom. The Bertz CT molecular complexity index is 582. The summed E-state index contributed by atoms with van der Waals surface area (Å²) in [7, 11) is 1.52. The van der Waals surface area contributed by atoms with Crippen LogP contribution in [0.3, 0.4) is 0 Å². The van der Waals surface area contributed by atoms with Crippen molar-refractivity contribution in [2.45, 2.75) is 45.1 Å². The van der Waals surface area contributed by atoms with Crippen LogP contribution in [-0.2, 0) is 0 Å². The first-order valence-electron chi connectivity index (χ1n) is 8.35. The molecule has 1 aliphatic carbocycles. The molecule has 0 spiro atoms. The molecule has 5 heteroatoms. The highest BCUT2D eigenvalue weighted by molar-refractivity contribution is 6.37. The molecule has 2 aliphatic rings. The Labute approximate surface area is 147 Å². The summed E-state index contributed by atoms with van der Waals surface area (Å²) in [6, 6.07) is 3.71. The molecule has 0 bridgehead atoms. The second-order valence-electron chi connectivity index (χ2n) is 6.86. The molecule has 1 aromatic carbocycles. The fraction of sp³-hybridized carbons (Fsp3) is 0.611. The number of methoxy groups -OCH3 is 1. The van der Waals surface area contributed by atoms with E-state index in [1.165, 1.54) is 26.4 Å². The van der Waals surface area contributed by atoms with Crippen molar-refractivity contribution in [1.82, 2.24) is 4.90 Å². The van der Waals surface area contributed by atoms with E-state index in [1.807, 2.05) is 0 Å². The van der Waals surface area contributed by atoms with Gasteiger partial charge in [-0.05, 0) is 56.1 Å². The zero-order chi connectivity index (χ0) is 16.6. The molecule has 1 heterocycles. The van der Waals surface area contributed by atoms with Gasteiger partial charge in [-0.2, -0.15) is 0 Å². The number of fused-ring (bicyclic) bond motifs is 1. The van der Waals surface area contributed by atoms with Gasteiger partial charge < -0.3 is 9.64 Å². The van der Waals surface area contributed by atoms with E-state index in [2.05, 4.69) is 11.8 Å². The molecule has 0 N–H and O–H groups in total. The molecule has 3 nitrogen and oxygen atoms in total. The largest absolute Gasteiger partial charge is 0.494 e. The van der Waals surface area contributed by atoms with Crippen molar-refractivity contribution in [3.63, 3.8) is 0 Å². The summed E-state index contributed by atoms with van der Waals surface area (Å²) >= 11 is 12.4. The van der Waals surface area contributed by atoms with Gasteiger partial charge in [0, 0.05) is 18.2 Å². The van der Waals surface area contributed by atoms with E-state index in [1.54, 1.807) is 12.1 Å². The number of carbonyl (C=O) groups excluding carboxylic acids is 1. The van der Waals surface area contributed by atoms with Crippen molar-refractivity contribution in [2.24, 2.45) is 11.8 Å². The van der Waals surface area contributed by atoms with E-state index in [0.29, 0.717) is 33.3 Å². The molecule has 1 amide bonds. The lowest BCUT2D eigenvalue weighted by molar-refractivity contribution is 0.0322. The minimum Gasteiger partial charge on any atom is -0.494 e. The van der Waals surface area contributed by atoms with E-state index in [0.717, 1.165) is 25.3 Å². The molecule has 1 aromatic rings. The van der Waals surface area contributed by atoms with Crippen molar-refractivity contribution in [1.29, 1.82) is 0 Å². The van der Waals surface area contributed by atoms with Gasteiger partial charge in [0.05, 0.1) is 17.2 Å². The summed E-state index contributed by atoms with van der Waals surface area (Å²) in [5.74, 6) is 1.88. The number of hydrogen-bond acceptors (Lipinski definition) is 2. The fourth-order valence-electron chi connectivity index (χ4n) is 4.19. The smallest absolute Gasteiger partial charge is 0.254 e. The average molecular weight is 356 g/mol. The molecule has 23 heavy (non-hydrogen) atoms. The average Bonchev–Trinajstić information content (AvgIpc) is 2.53. The zero-order valence-corrected chi connectivity index (χ0v) is 15.2. The van der Waals surface area contributed by atoms with E-state index in [9.17, 15) is 4.79 Å². The minimum absolute atomic E-state index is 0.0423. The van der Waals surface area contributed by atoms with Crippen LogP contribution in [0.25, 0.3) is 0 Å². The summed E-state index contributed by atoms with van der Waals surface area (Å²) < 4.78 is 5.16. The Balaban J connectivity index is 1.85. The van der Waals surface area contributed by atoms with Crippen molar-refractivity contribution >= 4 is 29.1 Å².